The molecule has 0 unspecified atom stereocenters. The number of hydrogen-bond acceptors (Lipinski definition) is 5. The fraction of sp³-hybridized carbons (Fsp3) is 0.474. The van der Waals surface area contributed by atoms with E-state index in [4.69, 9.17) is 0 Å². The molecule has 26 heavy (non-hydrogen) atoms. The Morgan fingerprint density at radius 2 is 2.08 bits per heavy atom. The third-order valence-corrected chi connectivity index (χ3v) is 5.56. The van der Waals surface area contributed by atoms with Crippen LogP contribution in [-0.4, -0.2) is 53.2 Å². The minimum absolute atomic E-state index is 0.203. The van der Waals surface area contributed by atoms with Gasteiger partial charge in [-0.3, -0.25) is 4.79 Å². The Morgan fingerprint density at radius 1 is 1.38 bits per heavy atom. The van der Waals surface area contributed by atoms with Gasteiger partial charge in [-0.15, -0.1) is 11.3 Å². The number of carbonyl (C=O) groups excluding carboxylic acids is 1. The quantitative estimate of drug-likeness (QED) is 0.812. The van der Waals surface area contributed by atoms with E-state index in [0.29, 0.717) is 17.2 Å². The molecule has 2 heterocycles. The molecule has 2 N–H and O–H groups in total. The smallest absolute Gasteiger partial charge is 0.270 e. The van der Waals surface area contributed by atoms with Gasteiger partial charge in [0.05, 0.1) is 6.10 Å². The van der Waals surface area contributed by atoms with Crippen LogP contribution in [0.3, 0.4) is 0 Å². The number of hydrogen-bond donors (Lipinski definition) is 2. The zero-order chi connectivity index (χ0) is 18.5. The molecule has 7 heteroatoms. The molecule has 5 nitrogen and oxygen atoms in total. The maximum absolute atomic E-state index is 13.0. The zero-order valence-electron chi connectivity index (χ0n) is 14.8. The van der Waals surface area contributed by atoms with Crippen molar-refractivity contribution in [3.63, 3.8) is 0 Å². The minimum atomic E-state index is -0.595. The number of thiazole rings is 1. The maximum atomic E-state index is 13.0. The van der Waals surface area contributed by atoms with E-state index < -0.39 is 6.10 Å². The summed E-state index contributed by atoms with van der Waals surface area (Å²) in [5.41, 5.74) is 1.09. The molecule has 0 aliphatic carbocycles. The summed E-state index contributed by atoms with van der Waals surface area (Å²) in [5, 5.41) is 15.2. The monoisotopic (exact) mass is 377 g/mol. The highest BCUT2D eigenvalue weighted by Crippen LogP contribution is 2.23. The first-order valence-electron chi connectivity index (χ1n) is 8.91. The first-order valence-corrected chi connectivity index (χ1v) is 9.79. The number of piperidine rings is 1. The van der Waals surface area contributed by atoms with E-state index in [-0.39, 0.29) is 18.3 Å². The Labute approximate surface area is 156 Å². The number of aliphatic hydroxyl groups excluding tert-OH is 1. The third kappa shape index (κ3) is 5.09. The maximum Gasteiger partial charge on any atom is 0.270 e. The van der Waals surface area contributed by atoms with Gasteiger partial charge in [-0.1, -0.05) is 6.92 Å². The second-order valence-electron chi connectivity index (χ2n) is 6.89. The van der Waals surface area contributed by atoms with Crippen LogP contribution in [0.5, 0.6) is 0 Å². The first-order chi connectivity index (χ1) is 12.5. The van der Waals surface area contributed by atoms with E-state index >= 15 is 0 Å². The first kappa shape index (κ1) is 18.9. The number of benzene rings is 1. The van der Waals surface area contributed by atoms with Crippen molar-refractivity contribution >= 4 is 17.2 Å². The summed E-state index contributed by atoms with van der Waals surface area (Å²) in [7, 11) is 0. The van der Waals surface area contributed by atoms with E-state index in [1.54, 1.807) is 17.5 Å². The Hall–Kier alpha value is -1.83. The standard InChI is InChI=1S/C19H24FN3O2S/c1-13-6-8-23(9-7-13)11-16(24)10-21-18(25)17-12-26-19(22-17)14-2-4-15(20)5-3-14/h2-5,12-13,16,24H,6-11H2,1H3,(H,21,25)/t16-/m0/s1. The SMILES string of the molecule is CC1CCN(C[C@@H](O)CNC(=O)c2csc(-c3ccc(F)cc3)n2)CC1. The minimum Gasteiger partial charge on any atom is -0.390 e. The van der Waals surface area contributed by atoms with Gasteiger partial charge in [-0.25, -0.2) is 9.37 Å². The van der Waals surface area contributed by atoms with Crippen molar-refractivity contribution in [1.29, 1.82) is 0 Å². The van der Waals surface area contributed by atoms with E-state index in [2.05, 4.69) is 22.1 Å². The molecule has 2 aromatic rings. The van der Waals surface area contributed by atoms with Crippen LogP contribution in [0.15, 0.2) is 29.6 Å². The predicted molar refractivity (Wildman–Crippen MR) is 101 cm³/mol. The zero-order valence-corrected chi connectivity index (χ0v) is 15.6. The highest BCUT2D eigenvalue weighted by atomic mass is 32.1. The highest BCUT2D eigenvalue weighted by molar-refractivity contribution is 7.13. The summed E-state index contributed by atoms with van der Waals surface area (Å²) in [5.74, 6) is 0.143. The molecule has 1 fully saturated rings. The van der Waals surface area contributed by atoms with Crippen molar-refractivity contribution in [3.8, 4) is 10.6 Å². The van der Waals surface area contributed by atoms with Crippen LogP contribution < -0.4 is 5.32 Å². The van der Waals surface area contributed by atoms with Crippen LogP contribution in [0, 0.1) is 11.7 Å². The predicted octanol–water partition coefficient (Wildman–Crippen LogP) is 2.77. The summed E-state index contributed by atoms with van der Waals surface area (Å²) in [4.78, 5) is 18.8. The van der Waals surface area contributed by atoms with Crippen molar-refractivity contribution in [2.24, 2.45) is 5.92 Å². The summed E-state index contributed by atoms with van der Waals surface area (Å²) in [6.07, 6.45) is 1.72. The number of carbonyl (C=O) groups is 1. The van der Waals surface area contributed by atoms with Gasteiger partial charge in [0.15, 0.2) is 0 Å². The van der Waals surface area contributed by atoms with Gasteiger partial charge < -0.3 is 15.3 Å². The van der Waals surface area contributed by atoms with Crippen molar-refractivity contribution in [2.45, 2.75) is 25.9 Å². The number of halogens is 1. The number of aromatic nitrogens is 1. The van der Waals surface area contributed by atoms with Gasteiger partial charge in [-0.2, -0.15) is 0 Å². The normalized spacial score (nSPS) is 17.2. The second kappa shape index (κ2) is 8.70. The van der Waals surface area contributed by atoms with Gasteiger partial charge >= 0.3 is 0 Å². The third-order valence-electron chi connectivity index (χ3n) is 4.67. The van der Waals surface area contributed by atoms with Crippen LogP contribution in [0.25, 0.3) is 10.6 Å². The molecule has 1 saturated heterocycles. The molecular formula is C19H24FN3O2S. The van der Waals surface area contributed by atoms with Gasteiger partial charge in [0.25, 0.3) is 5.91 Å². The molecule has 0 radical (unpaired) electrons. The molecule has 0 bridgehead atoms. The van der Waals surface area contributed by atoms with Crippen LogP contribution in [0.1, 0.15) is 30.3 Å². The largest absolute Gasteiger partial charge is 0.390 e. The van der Waals surface area contributed by atoms with Crippen LogP contribution in [-0.2, 0) is 0 Å². The molecular weight excluding hydrogens is 353 g/mol. The summed E-state index contributed by atoms with van der Waals surface area (Å²) >= 11 is 1.33. The van der Waals surface area contributed by atoms with Crippen LogP contribution >= 0.6 is 11.3 Å². The fourth-order valence-electron chi connectivity index (χ4n) is 3.01. The number of rotatable bonds is 6. The molecule has 1 aromatic heterocycles. The van der Waals surface area contributed by atoms with Gasteiger partial charge in [-0.05, 0) is 56.1 Å². The average Bonchev–Trinajstić information content (AvgIpc) is 3.12. The van der Waals surface area contributed by atoms with Crippen molar-refractivity contribution in [3.05, 3.63) is 41.2 Å². The van der Waals surface area contributed by atoms with Gasteiger partial charge in [0, 0.05) is 24.0 Å². The Balaban J connectivity index is 1.48. The van der Waals surface area contributed by atoms with E-state index in [0.717, 1.165) is 37.4 Å². The van der Waals surface area contributed by atoms with E-state index in [1.165, 1.54) is 23.5 Å². The summed E-state index contributed by atoms with van der Waals surface area (Å²) in [6, 6.07) is 6.01. The molecule has 0 spiro atoms. The molecule has 1 aliphatic heterocycles. The number of aliphatic hydroxyl groups is 1. The van der Waals surface area contributed by atoms with E-state index in [1.807, 2.05) is 0 Å². The molecule has 1 aliphatic rings. The molecule has 1 aromatic carbocycles. The van der Waals surface area contributed by atoms with Crippen molar-refractivity contribution in [2.75, 3.05) is 26.2 Å². The number of nitrogens with one attached hydrogen (secondary N) is 1. The van der Waals surface area contributed by atoms with Crippen molar-refractivity contribution in [1.82, 2.24) is 15.2 Å². The topological polar surface area (TPSA) is 65.5 Å². The lowest BCUT2D eigenvalue weighted by atomic mass is 9.99. The number of β-amino-alcohol motifs (C(OH)–C–C–N with tert-alkyl or cyclic N) is 1. The van der Waals surface area contributed by atoms with Crippen LogP contribution in [0.4, 0.5) is 4.39 Å². The van der Waals surface area contributed by atoms with E-state index in [9.17, 15) is 14.3 Å². The summed E-state index contributed by atoms with van der Waals surface area (Å²) < 4.78 is 13.0. The van der Waals surface area contributed by atoms with Gasteiger partial charge in [0.2, 0.25) is 0 Å². The highest BCUT2D eigenvalue weighted by Gasteiger charge is 2.19. The molecule has 0 saturated carbocycles. The van der Waals surface area contributed by atoms with Gasteiger partial charge in [0.1, 0.15) is 16.5 Å². The summed E-state index contributed by atoms with van der Waals surface area (Å²) in [6.45, 7) is 5.03. The Bertz CT molecular complexity index is 727. The van der Waals surface area contributed by atoms with Crippen molar-refractivity contribution < 1.29 is 14.3 Å². The molecule has 140 valence electrons. The lowest BCUT2D eigenvalue weighted by molar-refractivity contribution is 0.0793. The number of nitrogens with zero attached hydrogens (tertiary/aromatic N) is 2. The Kier molecular flexibility index (Phi) is 6.34. The number of likely N-dealkylation sites (tertiary alicyclic amines) is 1. The lowest BCUT2D eigenvalue weighted by Gasteiger charge is -2.31. The number of amides is 1. The average molecular weight is 377 g/mol. The molecule has 1 amide bonds. The second-order valence-corrected chi connectivity index (χ2v) is 7.75. The lowest BCUT2D eigenvalue weighted by Crippen LogP contribution is -2.43. The Morgan fingerprint density at radius 3 is 2.77 bits per heavy atom. The van der Waals surface area contributed by atoms with Crippen LogP contribution in [0.2, 0.25) is 0 Å². The fourth-order valence-corrected chi connectivity index (χ4v) is 3.82. The molecule has 1 atom stereocenters. The molecule has 3 rings (SSSR count).